The summed E-state index contributed by atoms with van der Waals surface area (Å²) in [4.78, 5) is 2.54. The van der Waals surface area contributed by atoms with Gasteiger partial charge >= 0.3 is 0 Å². The van der Waals surface area contributed by atoms with Crippen LogP contribution in [0.15, 0.2) is 23.3 Å². The van der Waals surface area contributed by atoms with Crippen LogP contribution in [0.4, 0.5) is 0 Å². The zero-order chi connectivity index (χ0) is 11.2. The van der Waals surface area contributed by atoms with E-state index in [4.69, 9.17) is 0 Å². The second-order valence-electron chi connectivity index (χ2n) is 5.93. The quantitative estimate of drug-likeness (QED) is 0.607. The van der Waals surface area contributed by atoms with Crippen LogP contribution in [0.1, 0.15) is 44.9 Å². The van der Waals surface area contributed by atoms with Crippen LogP contribution in [0.3, 0.4) is 0 Å². The average molecular weight is 217 g/mol. The number of rotatable bonds is 1. The van der Waals surface area contributed by atoms with Crippen LogP contribution in [0.2, 0.25) is 0 Å². The lowest BCUT2D eigenvalue weighted by molar-refractivity contribution is 0.0836. The molecule has 88 valence electrons. The Kier molecular flexibility index (Phi) is 2.47. The van der Waals surface area contributed by atoms with Crippen molar-refractivity contribution >= 4 is 0 Å². The minimum absolute atomic E-state index is 0.443. The molecule has 0 aliphatic heterocycles. The summed E-state index contributed by atoms with van der Waals surface area (Å²) in [6, 6.07) is 0. The molecule has 0 aromatic carbocycles. The summed E-state index contributed by atoms with van der Waals surface area (Å²) < 4.78 is 0. The van der Waals surface area contributed by atoms with Crippen molar-refractivity contribution in [3.05, 3.63) is 23.3 Å². The molecule has 1 nitrogen and oxygen atoms in total. The fourth-order valence-electron chi connectivity index (χ4n) is 4.44. The van der Waals surface area contributed by atoms with E-state index in [1.54, 1.807) is 11.1 Å². The Bertz CT molecular complexity index is 350. The van der Waals surface area contributed by atoms with Gasteiger partial charge in [0.15, 0.2) is 0 Å². The molecule has 0 aromatic rings. The van der Waals surface area contributed by atoms with Crippen LogP contribution in [-0.2, 0) is 0 Å². The highest BCUT2D eigenvalue weighted by Crippen LogP contribution is 2.54. The van der Waals surface area contributed by atoms with E-state index in [0.29, 0.717) is 5.54 Å². The SMILES string of the molecule is CN(C)C12CCCCC1CC1=C2CC=CC1. The fourth-order valence-corrected chi connectivity index (χ4v) is 4.44. The van der Waals surface area contributed by atoms with Crippen LogP contribution >= 0.6 is 0 Å². The van der Waals surface area contributed by atoms with Crippen molar-refractivity contribution in [1.82, 2.24) is 4.90 Å². The molecule has 3 aliphatic carbocycles. The van der Waals surface area contributed by atoms with Gasteiger partial charge in [-0.3, -0.25) is 4.90 Å². The van der Waals surface area contributed by atoms with E-state index >= 15 is 0 Å². The van der Waals surface area contributed by atoms with Gasteiger partial charge in [0.2, 0.25) is 0 Å². The Balaban J connectivity index is 2.02. The maximum absolute atomic E-state index is 2.54. The van der Waals surface area contributed by atoms with Gasteiger partial charge in [-0.05, 0) is 57.7 Å². The Morgan fingerprint density at radius 1 is 1.19 bits per heavy atom. The summed E-state index contributed by atoms with van der Waals surface area (Å²) in [6.07, 6.45) is 14.3. The molecular formula is C15H23N. The minimum atomic E-state index is 0.443. The van der Waals surface area contributed by atoms with Gasteiger partial charge in [0.1, 0.15) is 0 Å². The molecule has 3 aliphatic rings. The number of fused-ring (bicyclic) bond motifs is 2. The Hall–Kier alpha value is -0.560. The second-order valence-corrected chi connectivity index (χ2v) is 5.93. The summed E-state index contributed by atoms with van der Waals surface area (Å²) in [7, 11) is 4.60. The third kappa shape index (κ3) is 1.27. The lowest BCUT2D eigenvalue weighted by Crippen LogP contribution is -2.51. The summed E-state index contributed by atoms with van der Waals surface area (Å²) in [5, 5.41) is 0. The standard InChI is InChI=1S/C15H23N/c1-16(2)15-10-6-5-8-13(15)11-12-7-3-4-9-14(12)15/h3-4,13H,5-11H2,1-2H3. The predicted molar refractivity (Wildman–Crippen MR) is 68.4 cm³/mol. The number of hydrogen-bond donors (Lipinski definition) is 0. The number of nitrogens with zero attached hydrogens (tertiary/aromatic N) is 1. The highest BCUT2D eigenvalue weighted by atomic mass is 15.2. The molecule has 3 rings (SSSR count). The Morgan fingerprint density at radius 3 is 2.81 bits per heavy atom. The lowest BCUT2D eigenvalue weighted by atomic mass is 9.70. The van der Waals surface area contributed by atoms with E-state index in [-0.39, 0.29) is 0 Å². The van der Waals surface area contributed by atoms with E-state index in [1.807, 2.05) is 0 Å². The van der Waals surface area contributed by atoms with Crippen LogP contribution in [0.5, 0.6) is 0 Å². The first-order chi connectivity index (χ1) is 7.75. The molecule has 0 heterocycles. The fraction of sp³-hybridized carbons (Fsp3) is 0.733. The lowest BCUT2D eigenvalue weighted by Gasteiger charge is -2.47. The molecule has 16 heavy (non-hydrogen) atoms. The van der Waals surface area contributed by atoms with Crippen molar-refractivity contribution in [2.75, 3.05) is 14.1 Å². The van der Waals surface area contributed by atoms with Gasteiger partial charge in [0.25, 0.3) is 0 Å². The Labute approximate surface area is 99.2 Å². The van der Waals surface area contributed by atoms with Gasteiger partial charge < -0.3 is 0 Å². The van der Waals surface area contributed by atoms with Crippen LogP contribution in [0, 0.1) is 5.92 Å². The minimum Gasteiger partial charge on any atom is -0.300 e. The van der Waals surface area contributed by atoms with Gasteiger partial charge in [0, 0.05) is 5.54 Å². The van der Waals surface area contributed by atoms with Crippen molar-refractivity contribution in [2.45, 2.75) is 50.5 Å². The Morgan fingerprint density at radius 2 is 2.00 bits per heavy atom. The molecule has 2 unspecified atom stereocenters. The summed E-state index contributed by atoms with van der Waals surface area (Å²) in [5.74, 6) is 0.918. The normalized spacial score (nSPS) is 37.8. The molecule has 1 fully saturated rings. The molecule has 0 amide bonds. The van der Waals surface area contributed by atoms with Crippen molar-refractivity contribution < 1.29 is 0 Å². The van der Waals surface area contributed by atoms with Crippen LogP contribution in [0.25, 0.3) is 0 Å². The van der Waals surface area contributed by atoms with Gasteiger partial charge in [-0.1, -0.05) is 30.6 Å². The summed E-state index contributed by atoms with van der Waals surface area (Å²) >= 11 is 0. The number of allylic oxidation sites excluding steroid dienone is 3. The van der Waals surface area contributed by atoms with Crippen molar-refractivity contribution in [3.63, 3.8) is 0 Å². The third-order valence-corrected chi connectivity index (χ3v) is 5.13. The molecule has 0 bridgehead atoms. The third-order valence-electron chi connectivity index (χ3n) is 5.13. The maximum atomic E-state index is 2.54. The predicted octanol–water partition coefficient (Wildman–Crippen LogP) is 3.53. The highest BCUT2D eigenvalue weighted by molar-refractivity contribution is 5.40. The number of likely N-dealkylation sites (N-methyl/N-ethyl adjacent to an activating group) is 1. The van der Waals surface area contributed by atoms with Gasteiger partial charge in [-0.2, -0.15) is 0 Å². The molecule has 2 atom stereocenters. The molecule has 1 heteroatoms. The van der Waals surface area contributed by atoms with E-state index in [2.05, 4.69) is 31.1 Å². The molecular weight excluding hydrogens is 194 g/mol. The van der Waals surface area contributed by atoms with Gasteiger partial charge in [-0.25, -0.2) is 0 Å². The molecule has 0 saturated heterocycles. The van der Waals surface area contributed by atoms with E-state index < -0.39 is 0 Å². The summed E-state index contributed by atoms with van der Waals surface area (Å²) in [5.41, 5.74) is 4.02. The van der Waals surface area contributed by atoms with E-state index in [1.165, 1.54) is 44.9 Å². The van der Waals surface area contributed by atoms with Crippen molar-refractivity contribution in [1.29, 1.82) is 0 Å². The molecule has 0 aromatic heterocycles. The smallest absolute Gasteiger partial charge is 0.0451 e. The first-order valence-corrected chi connectivity index (χ1v) is 6.79. The second kappa shape index (κ2) is 3.73. The number of hydrogen-bond acceptors (Lipinski definition) is 1. The zero-order valence-electron chi connectivity index (χ0n) is 10.6. The van der Waals surface area contributed by atoms with Crippen LogP contribution < -0.4 is 0 Å². The average Bonchev–Trinajstić information content (AvgIpc) is 2.64. The van der Waals surface area contributed by atoms with Crippen LogP contribution in [-0.4, -0.2) is 24.5 Å². The van der Waals surface area contributed by atoms with Crippen molar-refractivity contribution in [2.24, 2.45) is 5.92 Å². The molecule has 0 radical (unpaired) electrons. The molecule has 0 spiro atoms. The summed E-state index contributed by atoms with van der Waals surface area (Å²) in [6.45, 7) is 0. The zero-order valence-corrected chi connectivity index (χ0v) is 10.6. The topological polar surface area (TPSA) is 3.24 Å². The maximum Gasteiger partial charge on any atom is 0.0451 e. The first kappa shape index (κ1) is 10.6. The van der Waals surface area contributed by atoms with Gasteiger partial charge in [0.05, 0.1) is 0 Å². The van der Waals surface area contributed by atoms with Crippen molar-refractivity contribution in [3.8, 4) is 0 Å². The molecule has 0 N–H and O–H groups in total. The van der Waals surface area contributed by atoms with E-state index in [0.717, 1.165) is 5.92 Å². The highest BCUT2D eigenvalue weighted by Gasteiger charge is 2.50. The largest absolute Gasteiger partial charge is 0.300 e. The monoisotopic (exact) mass is 217 g/mol. The first-order valence-electron chi connectivity index (χ1n) is 6.79. The van der Waals surface area contributed by atoms with E-state index in [9.17, 15) is 0 Å². The van der Waals surface area contributed by atoms with Gasteiger partial charge in [-0.15, -0.1) is 0 Å². The molecule has 1 saturated carbocycles.